The number of rotatable bonds is 8. The maximum absolute atomic E-state index is 5.64. The minimum absolute atomic E-state index is 0. The van der Waals surface area contributed by atoms with Crippen LogP contribution in [0.15, 0.2) is 4.99 Å². The van der Waals surface area contributed by atoms with E-state index in [-0.39, 0.29) is 24.0 Å². The molecule has 5 nitrogen and oxygen atoms in total. The van der Waals surface area contributed by atoms with Crippen LogP contribution in [0, 0.1) is 11.8 Å². The molecule has 6 heteroatoms. The van der Waals surface area contributed by atoms with E-state index in [1.165, 1.54) is 19.3 Å². The number of hydrogen-bond donors (Lipinski definition) is 1. The van der Waals surface area contributed by atoms with E-state index < -0.39 is 0 Å². The van der Waals surface area contributed by atoms with Gasteiger partial charge in [-0.05, 0) is 32.1 Å². The second kappa shape index (κ2) is 10.6. The van der Waals surface area contributed by atoms with Crippen LogP contribution in [0.3, 0.4) is 0 Å². The van der Waals surface area contributed by atoms with Gasteiger partial charge in [-0.1, -0.05) is 0 Å². The summed E-state index contributed by atoms with van der Waals surface area (Å²) in [7, 11) is 1.71. The van der Waals surface area contributed by atoms with Crippen molar-refractivity contribution >= 4 is 29.9 Å². The minimum atomic E-state index is 0. The Morgan fingerprint density at radius 3 is 2.71 bits per heavy atom. The number of hydrogen-bond acceptors (Lipinski definition) is 3. The number of nitrogens with zero attached hydrogens (tertiary/aromatic N) is 2. The number of likely N-dealkylation sites (tertiary alicyclic amines) is 1. The molecule has 0 aromatic rings. The van der Waals surface area contributed by atoms with Gasteiger partial charge in [0, 0.05) is 39.2 Å². The molecule has 2 rings (SSSR count). The molecule has 1 saturated heterocycles. The lowest BCUT2D eigenvalue weighted by atomic mass is 10.1. The normalized spacial score (nSPS) is 22.3. The SMILES string of the molecule is CCNC(=NCC1CC1)N1CCC(COCCOC)C1.I. The topological polar surface area (TPSA) is 46.1 Å². The molecule has 1 aliphatic heterocycles. The number of halogens is 1. The molecular formula is C15H30IN3O2. The average molecular weight is 411 g/mol. The molecule has 1 unspecified atom stereocenters. The van der Waals surface area contributed by atoms with Gasteiger partial charge in [0.15, 0.2) is 5.96 Å². The highest BCUT2D eigenvalue weighted by atomic mass is 127. The molecule has 1 N–H and O–H groups in total. The van der Waals surface area contributed by atoms with Crippen molar-refractivity contribution in [2.24, 2.45) is 16.8 Å². The van der Waals surface area contributed by atoms with Crippen LogP contribution in [0.2, 0.25) is 0 Å². The fourth-order valence-electron chi connectivity index (χ4n) is 2.50. The molecule has 0 radical (unpaired) electrons. The van der Waals surface area contributed by atoms with Crippen molar-refractivity contribution in [1.29, 1.82) is 0 Å². The monoisotopic (exact) mass is 411 g/mol. The zero-order chi connectivity index (χ0) is 14.2. The van der Waals surface area contributed by atoms with Gasteiger partial charge in [-0.3, -0.25) is 4.99 Å². The van der Waals surface area contributed by atoms with Gasteiger partial charge in [0.25, 0.3) is 0 Å². The van der Waals surface area contributed by atoms with E-state index in [2.05, 4.69) is 17.1 Å². The Balaban J connectivity index is 0.00000220. The summed E-state index contributed by atoms with van der Waals surface area (Å²) in [5, 5.41) is 3.42. The Kier molecular flexibility index (Phi) is 9.59. The molecule has 2 aliphatic rings. The number of nitrogens with one attached hydrogen (secondary N) is 1. The Hall–Kier alpha value is -0.0800. The third kappa shape index (κ3) is 7.15. The molecule has 0 amide bonds. The molecule has 0 spiro atoms. The van der Waals surface area contributed by atoms with Crippen molar-refractivity contribution in [2.75, 3.05) is 53.1 Å². The second-order valence-corrected chi connectivity index (χ2v) is 5.81. The highest BCUT2D eigenvalue weighted by Crippen LogP contribution is 2.29. The molecule has 0 aromatic carbocycles. The van der Waals surface area contributed by atoms with Crippen molar-refractivity contribution in [2.45, 2.75) is 26.2 Å². The van der Waals surface area contributed by atoms with Crippen molar-refractivity contribution in [1.82, 2.24) is 10.2 Å². The quantitative estimate of drug-likeness (QED) is 0.287. The van der Waals surface area contributed by atoms with E-state index >= 15 is 0 Å². The van der Waals surface area contributed by atoms with E-state index in [4.69, 9.17) is 14.5 Å². The van der Waals surface area contributed by atoms with Gasteiger partial charge in [0.2, 0.25) is 0 Å². The Bertz CT molecular complexity index is 311. The minimum Gasteiger partial charge on any atom is -0.382 e. The van der Waals surface area contributed by atoms with Crippen LogP contribution in [0.5, 0.6) is 0 Å². The van der Waals surface area contributed by atoms with E-state index in [0.717, 1.165) is 44.7 Å². The number of methoxy groups -OCH3 is 1. The maximum Gasteiger partial charge on any atom is 0.193 e. The summed E-state index contributed by atoms with van der Waals surface area (Å²) in [6, 6.07) is 0. The summed E-state index contributed by atoms with van der Waals surface area (Å²) in [5.41, 5.74) is 0. The van der Waals surface area contributed by atoms with Crippen LogP contribution in [0.1, 0.15) is 26.2 Å². The van der Waals surface area contributed by atoms with Gasteiger partial charge < -0.3 is 19.7 Å². The van der Waals surface area contributed by atoms with Crippen LogP contribution in [0.4, 0.5) is 0 Å². The third-order valence-corrected chi connectivity index (χ3v) is 3.90. The van der Waals surface area contributed by atoms with Crippen LogP contribution in [-0.2, 0) is 9.47 Å². The van der Waals surface area contributed by atoms with E-state index in [1.54, 1.807) is 7.11 Å². The Labute approximate surface area is 145 Å². The molecular weight excluding hydrogens is 381 g/mol. The first-order chi connectivity index (χ1) is 9.83. The first kappa shape index (κ1) is 19.0. The Morgan fingerprint density at radius 1 is 1.24 bits per heavy atom. The molecule has 0 bridgehead atoms. The van der Waals surface area contributed by atoms with Crippen LogP contribution in [0.25, 0.3) is 0 Å². The summed E-state index contributed by atoms with van der Waals surface area (Å²) in [6.45, 7) is 8.43. The molecule has 124 valence electrons. The lowest BCUT2D eigenvalue weighted by molar-refractivity contribution is 0.0536. The highest BCUT2D eigenvalue weighted by Gasteiger charge is 2.26. The molecule has 1 heterocycles. The van der Waals surface area contributed by atoms with E-state index in [9.17, 15) is 0 Å². The predicted molar refractivity (Wildman–Crippen MR) is 96.5 cm³/mol. The summed E-state index contributed by atoms with van der Waals surface area (Å²) < 4.78 is 10.6. The van der Waals surface area contributed by atoms with Crippen LogP contribution < -0.4 is 5.32 Å². The Morgan fingerprint density at radius 2 is 2.05 bits per heavy atom. The third-order valence-electron chi connectivity index (χ3n) is 3.90. The average Bonchev–Trinajstić information content (AvgIpc) is 3.17. The first-order valence-corrected chi connectivity index (χ1v) is 7.93. The van der Waals surface area contributed by atoms with Gasteiger partial charge in [0.05, 0.1) is 19.8 Å². The van der Waals surface area contributed by atoms with Gasteiger partial charge in [-0.15, -0.1) is 24.0 Å². The largest absolute Gasteiger partial charge is 0.382 e. The van der Waals surface area contributed by atoms with E-state index in [0.29, 0.717) is 19.1 Å². The van der Waals surface area contributed by atoms with Crippen LogP contribution in [-0.4, -0.2) is 64.0 Å². The lowest BCUT2D eigenvalue weighted by Crippen LogP contribution is -2.40. The standard InChI is InChI=1S/C15H29N3O2.HI/c1-3-16-15(17-10-13-4-5-13)18-7-6-14(11-18)12-20-9-8-19-2;/h13-14H,3-12H2,1-2H3,(H,16,17);1H. The fourth-order valence-corrected chi connectivity index (χ4v) is 2.50. The molecule has 1 aliphatic carbocycles. The van der Waals surface area contributed by atoms with Gasteiger partial charge in [-0.2, -0.15) is 0 Å². The van der Waals surface area contributed by atoms with Gasteiger partial charge >= 0.3 is 0 Å². The molecule has 2 fully saturated rings. The van der Waals surface area contributed by atoms with Crippen molar-refractivity contribution in [3.8, 4) is 0 Å². The molecule has 0 aromatic heterocycles. The summed E-state index contributed by atoms with van der Waals surface area (Å²) in [5.74, 6) is 2.56. The zero-order valence-electron chi connectivity index (χ0n) is 13.3. The van der Waals surface area contributed by atoms with Gasteiger partial charge in [-0.25, -0.2) is 0 Å². The first-order valence-electron chi connectivity index (χ1n) is 7.93. The number of aliphatic imine (C=N–C) groups is 1. The highest BCUT2D eigenvalue weighted by molar-refractivity contribution is 14.0. The second-order valence-electron chi connectivity index (χ2n) is 5.81. The van der Waals surface area contributed by atoms with Crippen molar-refractivity contribution < 1.29 is 9.47 Å². The number of guanidine groups is 1. The maximum atomic E-state index is 5.64. The fraction of sp³-hybridized carbons (Fsp3) is 0.933. The summed E-state index contributed by atoms with van der Waals surface area (Å²) in [4.78, 5) is 7.16. The van der Waals surface area contributed by atoms with Gasteiger partial charge in [0.1, 0.15) is 0 Å². The molecule has 1 atom stereocenters. The van der Waals surface area contributed by atoms with Crippen molar-refractivity contribution in [3.05, 3.63) is 0 Å². The van der Waals surface area contributed by atoms with E-state index in [1.807, 2.05) is 0 Å². The summed E-state index contributed by atoms with van der Waals surface area (Å²) in [6.07, 6.45) is 3.92. The molecule has 1 saturated carbocycles. The molecule has 21 heavy (non-hydrogen) atoms. The summed E-state index contributed by atoms with van der Waals surface area (Å²) >= 11 is 0. The van der Waals surface area contributed by atoms with Crippen molar-refractivity contribution in [3.63, 3.8) is 0 Å². The smallest absolute Gasteiger partial charge is 0.193 e. The lowest BCUT2D eigenvalue weighted by Gasteiger charge is -2.21. The zero-order valence-corrected chi connectivity index (χ0v) is 15.7. The number of ether oxygens (including phenoxy) is 2. The van der Waals surface area contributed by atoms with Crippen LogP contribution >= 0.6 is 24.0 Å². The predicted octanol–water partition coefficient (Wildman–Crippen LogP) is 1.96.